The molecule has 7 heterocycles. The summed E-state index contributed by atoms with van der Waals surface area (Å²) < 4.78 is 0. The Hall–Kier alpha value is -5.12. The van der Waals surface area contributed by atoms with Gasteiger partial charge in [0.15, 0.2) is 0 Å². The van der Waals surface area contributed by atoms with E-state index in [9.17, 15) is 24.0 Å². The minimum atomic E-state index is -0.598. The van der Waals surface area contributed by atoms with Crippen molar-refractivity contribution in [3.8, 4) is 0 Å². The predicted molar refractivity (Wildman–Crippen MR) is 239 cm³/mol. The molecule has 0 radical (unpaired) electrons. The van der Waals surface area contributed by atoms with Crippen LogP contribution in [0.15, 0.2) is 72.0 Å². The number of pyridine rings is 2. The molecule has 0 aliphatic carbocycles. The molecule has 0 spiro atoms. The van der Waals surface area contributed by atoms with E-state index in [0.717, 1.165) is 131 Å². The van der Waals surface area contributed by atoms with Crippen molar-refractivity contribution >= 4 is 53.2 Å². The number of imide groups is 1. The second kappa shape index (κ2) is 20.8. The van der Waals surface area contributed by atoms with Crippen molar-refractivity contribution in [3.05, 3.63) is 89.4 Å². The number of thioether (sulfide) groups is 1. The third-order valence-electron chi connectivity index (χ3n) is 13.3. The molecule has 4 fully saturated rings. The molecule has 1 unspecified atom stereocenters. The quantitative estimate of drug-likeness (QED) is 0.0965. The first-order valence-electron chi connectivity index (χ1n) is 22.5. The van der Waals surface area contributed by atoms with E-state index in [4.69, 9.17) is 4.98 Å². The van der Waals surface area contributed by atoms with Crippen molar-refractivity contribution in [2.24, 2.45) is 5.92 Å². The Kier molecular flexibility index (Phi) is 14.6. The fraction of sp³-hybridized carbons (Fsp3) is 0.511. The van der Waals surface area contributed by atoms with Gasteiger partial charge in [-0.25, -0.2) is 4.98 Å². The van der Waals surface area contributed by atoms with Gasteiger partial charge in [-0.2, -0.15) is 0 Å². The zero-order chi connectivity index (χ0) is 42.8. The van der Waals surface area contributed by atoms with Gasteiger partial charge in [-0.1, -0.05) is 25.0 Å². The molecule has 2 aromatic heterocycles. The van der Waals surface area contributed by atoms with Gasteiger partial charge in [0.1, 0.15) is 11.9 Å². The van der Waals surface area contributed by atoms with Crippen LogP contribution in [0.5, 0.6) is 0 Å². The normalized spacial score (nSPS) is 20.8. The lowest BCUT2D eigenvalue weighted by atomic mass is 9.91. The first-order chi connectivity index (χ1) is 30.3. The standard InChI is InChI=1S/C47H59N9O5S/c57-43(13-9-35-6-4-19-48-31-35)49-20-2-1-5-34-15-21-55(22-16-34)46(60)36-10-12-42(50-32-36)54-23-17-37(18-24-54)53-27-25-52(26-28-53)29-30-62-41-8-3-7-38-39(41)33-56(47(38)61)40-11-14-44(58)51-45(40)59/h3-4,6-10,12-13,19,31-32,34,37,40H,1-2,5,11,14-18,20-30,33H2,(H,49,57)(H,51,58,59)/b13-9+. The van der Waals surface area contributed by atoms with Crippen LogP contribution in [0.4, 0.5) is 5.82 Å². The second-order valence-electron chi connectivity index (χ2n) is 17.2. The second-order valence-corrected chi connectivity index (χ2v) is 18.3. The number of hydrogen-bond donors (Lipinski definition) is 2. The van der Waals surface area contributed by atoms with Gasteiger partial charge in [0, 0.05) is 125 Å². The summed E-state index contributed by atoms with van der Waals surface area (Å²) in [4.78, 5) is 83.9. The number of amides is 5. The van der Waals surface area contributed by atoms with Crippen molar-refractivity contribution in [1.82, 2.24) is 40.2 Å². The fourth-order valence-corrected chi connectivity index (χ4v) is 10.7. The van der Waals surface area contributed by atoms with Crippen LogP contribution >= 0.6 is 11.8 Å². The maximum atomic E-state index is 13.4. The number of piperidine rings is 3. The van der Waals surface area contributed by atoms with Crippen molar-refractivity contribution in [1.29, 1.82) is 0 Å². The number of carbonyl (C=O) groups is 5. The maximum Gasteiger partial charge on any atom is 0.255 e. The highest BCUT2D eigenvalue weighted by molar-refractivity contribution is 7.99. The monoisotopic (exact) mass is 861 g/mol. The van der Waals surface area contributed by atoms with E-state index in [1.54, 1.807) is 47.4 Å². The van der Waals surface area contributed by atoms with Crippen molar-refractivity contribution in [3.63, 3.8) is 0 Å². The number of likely N-dealkylation sites (tertiary alicyclic amines) is 1. The largest absolute Gasteiger partial charge is 0.357 e. The average Bonchev–Trinajstić information content (AvgIpc) is 3.65. The predicted octanol–water partition coefficient (Wildman–Crippen LogP) is 4.47. The Bertz CT molecular complexity index is 2080. The zero-order valence-corrected chi connectivity index (χ0v) is 36.4. The Balaban J connectivity index is 0.692. The summed E-state index contributed by atoms with van der Waals surface area (Å²) >= 11 is 1.78. The molecule has 4 saturated heterocycles. The molecule has 5 aliphatic heterocycles. The van der Waals surface area contributed by atoms with Crippen molar-refractivity contribution in [2.45, 2.75) is 81.3 Å². The van der Waals surface area contributed by atoms with E-state index in [0.29, 0.717) is 42.6 Å². The molecular formula is C47H59N9O5S. The Morgan fingerprint density at radius 3 is 2.44 bits per heavy atom. The number of piperazine rings is 1. The zero-order valence-electron chi connectivity index (χ0n) is 35.6. The summed E-state index contributed by atoms with van der Waals surface area (Å²) in [5.74, 6) is 1.68. The van der Waals surface area contributed by atoms with Crippen LogP contribution < -0.4 is 15.5 Å². The van der Waals surface area contributed by atoms with E-state index in [1.807, 2.05) is 41.3 Å². The van der Waals surface area contributed by atoms with Crippen LogP contribution in [-0.2, 0) is 20.9 Å². The summed E-state index contributed by atoms with van der Waals surface area (Å²) in [6.45, 7) is 9.70. The van der Waals surface area contributed by atoms with Crippen LogP contribution in [-0.4, -0.2) is 142 Å². The van der Waals surface area contributed by atoms with Gasteiger partial charge in [-0.3, -0.25) is 44.1 Å². The Morgan fingerprint density at radius 1 is 0.871 bits per heavy atom. The number of nitrogens with one attached hydrogen (secondary N) is 2. The molecular weight excluding hydrogens is 803 g/mol. The third kappa shape index (κ3) is 10.9. The van der Waals surface area contributed by atoms with E-state index in [1.165, 1.54) is 0 Å². The number of nitrogens with zero attached hydrogens (tertiary/aromatic N) is 7. The summed E-state index contributed by atoms with van der Waals surface area (Å²) in [5.41, 5.74) is 3.22. The summed E-state index contributed by atoms with van der Waals surface area (Å²) in [7, 11) is 0. The topological polar surface area (TPSA) is 151 Å². The molecule has 328 valence electrons. The first-order valence-corrected chi connectivity index (χ1v) is 23.5. The first kappa shape index (κ1) is 43.5. The molecule has 15 heteroatoms. The molecule has 0 saturated carbocycles. The summed E-state index contributed by atoms with van der Waals surface area (Å²) in [6, 6.07) is 13.5. The van der Waals surface area contributed by atoms with Gasteiger partial charge in [0.25, 0.3) is 11.8 Å². The molecule has 5 amide bonds. The van der Waals surface area contributed by atoms with E-state index < -0.39 is 6.04 Å². The lowest BCUT2D eigenvalue weighted by Crippen LogP contribution is -2.53. The molecule has 1 aromatic carbocycles. The number of anilines is 1. The highest BCUT2D eigenvalue weighted by atomic mass is 32.2. The van der Waals surface area contributed by atoms with Crippen molar-refractivity contribution in [2.75, 3.05) is 76.1 Å². The molecule has 62 heavy (non-hydrogen) atoms. The van der Waals surface area contributed by atoms with Crippen LogP contribution in [0, 0.1) is 5.92 Å². The van der Waals surface area contributed by atoms with Crippen LogP contribution in [0.1, 0.15) is 89.6 Å². The lowest BCUT2D eigenvalue weighted by Gasteiger charge is -2.43. The SMILES string of the molecule is O=C(/C=C/c1cccnc1)NCCCCC1CCN(C(=O)c2ccc(N3CCC(N4CCN(CCSc5cccc6c5CN(C5CCC(=O)NC5=O)C6=O)CC4)CC3)nc2)CC1. The fourth-order valence-electron chi connectivity index (χ4n) is 9.57. The molecule has 2 N–H and O–H groups in total. The van der Waals surface area contributed by atoms with Gasteiger partial charge in [-0.15, -0.1) is 11.8 Å². The van der Waals surface area contributed by atoms with Crippen LogP contribution in [0.25, 0.3) is 6.08 Å². The molecule has 8 rings (SSSR count). The Labute approximate surface area is 368 Å². The Morgan fingerprint density at radius 2 is 1.69 bits per heavy atom. The number of carbonyl (C=O) groups excluding carboxylic acids is 5. The van der Waals surface area contributed by atoms with Crippen LogP contribution in [0.3, 0.4) is 0 Å². The van der Waals surface area contributed by atoms with E-state index in [-0.39, 0.29) is 36.0 Å². The molecule has 0 bridgehead atoms. The molecule has 1 atom stereocenters. The highest BCUT2D eigenvalue weighted by Gasteiger charge is 2.40. The lowest BCUT2D eigenvalue weighted by molar-refractivity contribution is -0.137. The maximum absolute atomic E-state index is 13.4. The molecule has 5 aliphatic rings. The number of unbranched alkanes of at least 4 members (excludes halogenated alkanes) is 1. The van der Waals surface area contributed by atoms with Gasteiger partial charge in [0.05, 0.1) is 5.56 Å². The number of benzene rings is 1. The highest BCUT2D eigenvalue weighted by Crippen LogP contribution is 2.35. The smallest absolute Gasteiger partial charge is 0.255 e. The van der Waals surface area contributed by atoms with E-state index in [2.05, 4.69) is 36.4 Å². The molecule has 14 nitrogen and oxygen atoms in total. The average molecular weight is 862 g/mol. The van der Waals surface area contributed by atoms with E-state index >= 15 is 0 Å². The minimum Gasteiger partial charge on any atom is -0.357 e. The third-order valence-corrected chi connectivity index (χ3v) is 14.3. The van der Waals surface area contributed by atoms with Gasteiger partial charge < -0.3 is 20.0 Å². The van der Waals surface area contributed by atoms with Gasteiger partial charge in [0.2, 0.25) is 17.7 Å². The van der Waals surface area contributed by atoms with Crippen LogP contribution in [0.2, 0.25) is 0 Å². The number of aromatic nitrogens is 2. The van der Waals surface area contributed by atoms with Crippen molar-refractivity contribution < 1.29 is 24.0 Å². The number of fused-ring (bicyclic) bond motifs is 1. The number of rotatable bonds is 15. The summed E-state index contributed by atoms with van der Waals surface area (Å²) in [5, 5.41) is 5.35. The number of hydrogen-bond acceptors (Lipinski definition) is 11. The summed E-state index contributed by atoms with van der Waals surface area (Å²) in [6.07, 6.45) is 16.5. The van der Waals surface area contributed by atoms with Gasteiger partial charge >= 0.3 is 0 Å². The van der Waals surface area contributed by atoms with Gasteiger partial charge in [-0.05, 0) is 92.0 Å². The molecule has 3 aromatic rings. The minimum absolute atomic E-state index is 0.0689.